The summed E-state index contributed by atoms with van der Waals surface area (Å²) in [5.41, 5.74) is 2.56. The van der Waals surface area contributed by atoms with E-state index >= 15 is 0 Å². The number of hydrogen-bond acceptors (Lipinski definition) is 3. The van der Waals surface area contributed by atoms with Crippen LogP contribution in [0.2, 0.25) is 0 Å². The lowest BCUT2D eigenvalue weighted by atomic mass is 10.1. The van der Waals surface area contributed by atoms with Crippen LogP contribution in [0.5, 0.6) is 5.75 Å². The Morgan fingerprint density at radius 1 is 1.26 bits per heavy atom. The molecule has 3 nitrogen and oxygen atoms in total. The highest BCUT2D eigenvalue weighted by Crippen LogP contribution is 2.18. The summed E-state index contributed by atoms with van der Waals surface area (Å²) in [6.07, 6.45) is 2.28. The summed E-state index contributed by atoms with van der Waals surface area (Å²) in [7, 11) is 1.69. The number of benzene rings is 1. The third kappa shape index (κ3) is 4.86. The van der Waals surface area contributed by atoms with E-state index in [4.69, 9.17) is 9.47 Å². The van der Waals surface area contributed by atoms with Crippen LogP contribution >= 0.6 is 12.4 Å². The predicted molar refractivity (Wildman–Crippen MR) is 81.2 cm³/mol. The van der Waals surface area contributed by atoms with Crippen molar-refractivity contribution >= 4 is 18.0 Å². The van der Waals surface area contributed by atoms with E-state index in [2.05, 4.69) is 30.0 Å². The first kappa shape index (κ1) is 16.0. The molecule has 2 rings (SSSR count). The molecule has 4 heteroatoms. The number of allylic oxidation sites excluding steroid dienone is 1. The maximum absolute atomic E-state index is 5.34. The van der Waals surface area contributed by atoms with Crippen LogP contribution in [0.15, 0.2) is 30.3 Å². The van der Waals surface area contributed by atoms with Gasteiger partial charge in [0.25, 0.3) is 0 Å². The maximum Gasteiger partial charge on any atom is 0.118 e. The van der Waals surface area contributed by atoms with Crippen molar-refractivity contribution < 1.29 is 9.47 Å². The quantitative estimate of drug-likeness (QED) is 0.848. The molecule has 0 spiro atoms. The number of halogens is 1. The van der Waals surface area contributed by atoms with Gasteiger partial charge in [-0.2, -0.15) is 0 Å². The zero-order valence-electron chi connectivity index (χ0n) is 11.6. The van der Waals surface area contributed by atoms with Crippen molar-refractivity contribution in [2.75, 3.05) is 40.0 Å². The van der Waals surface area contributed by atoms with Crippen LogP contribution in [0, 0.1) is 0 Å². The molecule has 0 unspecified atom stereocenters. The highest BCUT2D eigenvalue weighted by molar-refractivity contribution is 5.85. The summed E-state index contributed by atoms with van der Waals surface area (Å²) >= 11 is 0. The fourth-order valence-electron chi connectivity index (χ4n) is 2.02. The smallest absolute Gasteiger partial charge is 0.118 e. The van der Waals surface area contributed by atoms with Crippen molar-refractivity contribution in [2.45, 2.75) is 6.92 Å². The first-order valence-corrected chi connectivity index (χ1v) is 6.41. The van der Waals surface area contributed by atoms with Crippen molar-refractivity contribution in [3.05, 3.63) is 35.9 Å². The average molecular weight is 284 g/mol. The molecule has 0 amide bonds. The average Bonchev–Trinajstić information content (AvgIpc) is 2.46. The summed E-state index contributed by atoms with van der Waals surface area (Å²) in [4.78, 5) is 2.41. The van der Waals surface area contributed by atoms with Crippen molar-refractivity contribution in [2.24, 2.45) is 0 Å². The summed E-state index contributed by atoms with van der Waals surface area (Å²) < 4.78 is 10.5. The van der Waals surface area contributed by atoms with Gasteiger partial charge in [0, 0.05) is 19.6 Å². The molecule has 0 radical (unpaired) electrons. The fraction of sp³-hybridized carbons (Fsp3) is 0.467. The van der Waals surface area contributed by atoms with Crippen LogP contribution in [0.25, 0.3) is 5.57 Å². The number of ether oxygens (including phenoxy) is 2. The maximum atomic E-state index is 5.34. The van der Waals surface area contributed by atoms with Crippen LogP contribution in [-0.2, 0) is 4.74 Å². The summed E-state index contributed by atoms with van der Waals surface area (Å²) in [5, 5.41) is 0. The molecule has 0 saturated carbocycles. The van der Waals surface area contributed by atoms with Crippen molar-refractivity contribution in [3.63, 3.8) is 0 Å². The molecule has 1 heterocycles. The van der Waals surface area contributed by atoms with Gasteiger partial charge in [-0.05, 0) is 30.2 Å². The highest BCUT2D eigenvalue weighted by Gasteiger charge is 2.08. The standard InChI is InChI=1S/C15H21NO2.ClH/c1-13(7-8-16-9-11-18-12-10-16)14-3-5-15(17-2)6-4-14;/h3-7H,8-12H2,1-2H3;1H/b13-7+;. The molecular weight excluding hydrogens is 262 g/mol. The molecule has 106 valence electrons. The predicted octanol–water partition coefficient (Wildman–Crippen LogP) is 2.85. The molecule has 0 atom stereocenters. The molecule has 1 aliphatic rings. The molecule has 0 aliphatic carbocycles. The van der Waals surface area contributed by atoms with Crippen LogP contribution in [-0.4, -0.2) is 44.9 Å². The van der Waals surface area contributed by atoms with E-state index in [-0.39, 0.29) is 12.4 Å². The Bertz CT molecular complexity index is 397. The summed E-state index contributed by atoms with van der Waals surface area (Å²) in [6.45, 7) is 6.94. The Morgan fingerprint density at radius 2 is 1.89 bits per heavy atom. The molecule has 1 aromatic carbocycles. The van der Waals surface area contributed by atoms with E-state index in [0.29, 0.717) is 0 Å². The summed E-state index contributed by atoms with van der Waals surface area (Å²) in [5.74, 6) is 0.903. The Morgan fingerprint density at radius 3 is 2.47 bits per heavy atom. The molecule has 1 aliphatic heterocycles. The van der Waals surface area contributed by atoms with E-state index in [1.165, 1.54) is 11.1 Å². The van der Waals surface area contributed by atoms with Crippen LogP contribution in [0.3, 0.4) is 0 Å². The van der Waals surface area contributed by atoms with Crippen molar-refractivity contribution in [1.29, 1.82) is 0 Å². The van der Waals surface area contributed by atoms with Gasteiger partial charge in [0.05, 0.1) is 20.3 Å². The lowest BCUT2D eigenvalue weighted by Crippen LogP contribution is -2.36. The Hall–Kier alpha value is -1.03. The van der Waals surface area contributed by atoms with Crippen molar-refractivity contribution in [3.8, 4) is 5.75 Å². The third-order valence-corrected chi connectivity index (χ3v) is 3.30. The first-order chi connectivity index (χ1) is 8.79. The molecular formula is C15H22ClNO2. The van der Waals surface area contributed by atoms with Gasteiger partial charge in [-0.25, -0.2) is 0 Å². The highest BCUT2D eigenvalue weighted by atomic mass is 35.5. The van der Waals surface area contributed by atoms with E-state index < -0.39 is 0 Å². The van der Waals surface area contributed by atoms with Gasteiger partial charge in [0.15, 0.2) is 0 Å². The second-order valence-corrected chi connectivity index (χ2v) is 4.53. The van der Waals surface area contributed by atoms with Gasteiger partial charge in [-0.3, -0.25) is 4.90 Å². The van der Waals surface area contributed by atoms with E-state index in [1.54, 1.807) is 7.11 Å². The zero-order valence-corrected chi connectivity index (χ0v) is 12.4. The Kier molecular flexibility index (Phi) is 6.92. The van der Waals surface area contributed by atoms with E-state index in [0.717, 1.165) is 38.6 Å². The lowest BCUT2D eigenvalue weighted by Gasteiger charge is -2.25. The molecule has 0 N–H and O–H groups in total. The fourth-order valence-corrected chi connectivity index (χ4v) is 2.02. The van der Waals surface area contributed by atoms with Gasteiger partial charge in [0.1, 0.15) is 5.75 Å². The zero-order chi connectivity index (χ0) is 12.8. The summed E-state index contributed by atoms with van der Waals surface area (Å²) in [6, 6.07) is 8.21. The SMILES string of the molecule is COc1ccc(/C(C)=C/CN2CCOCC2)cc1.Cl. The largest absolute Gasteiger partial charge is 0.497 e. The number of methoxy groups -OCH3 is 1. The molecule has 1 aromatic rings. The number of nitrogens with zero attached hydrogens (tertiary/aromatic N) is 1. The second kappa shape index (κ2) is 8.20. The van der Waals surface area contributed by atoms with Gasteiger partial charge in [-0.15, -0.1) is 12.4 Å². The van der Waals surface area contributed by atoms with Gasteiger partial charge in [0.2, 0.25) is 0 Å². The Labute approximate surface area is 121 Å². The number of hydrogen-bond donors (Lipinski definition) is 0. The van der Waals surface area contributed by atoms with Gasteiger partial charge >= 0.3 is 0 Å². The second-order valence-electron chi connectivity index (χ2n) is 4.53. The Balaban J connectivity index is 0.00000180. The number of rotatable bonds is 4. The molecule has 0 bridgehead atoms. The minimum absolute atomic E-state index is 0. The van der Waals surface area contributed by atoms with Crippen LogP contribution < -0.4 is 4.74 Å². The topological polar surface area (TPSA) is 21.7 Å². The van der Waals surface area contributed by atoms with Crippen molar-refractivity contribution in [1.82, 2.24) is 4.90 Å². The number of morpholine rings is 1. The molecule has 0 aromatic heterocycles. The van der Waals surface area contributed by atoms with Gasteiger partial charge < -0.3 is 9.47 Å². The van der Waals surface area contributed by atoms with E-state index in [1.807, 2.05) is 12.1 Å². The molecule has 1 fully saturated rings. The molecule has 1 saturated heterocycles. The monoisotopic (exact) mass is 283 g/mol. The van der Waals surface area contributed by atoms with Crippen LogP contribution in [0.1, 0.15) is 12.5 Å². The normalized spacial score (nSPS) is 16.8. The third-order valence-electron chi connectivity index (χ3n) is 3.30. The molecule has 19 heavy (non-hydrogen) atoms. The lowest BCUT2D eigenvalue weighted by molar-refractivity contribution is 0.0435. The van der Waals surface area contributed by atoms with Gasteiger partial charge in [-0.1, -0.05) is 18.2 Å². The van der Waals surface area contributed by atoms with Crippen LogP contribution in [0.4, 0.5) is 0 Å². The minimum Gasteiger partial charge on any atom is -0.497 e. The van der Waals surface area contributed by atoms with E-state index in [9.17, 15) is 0 Å². The minimum atomic E-state index is 0. The first-order valence-electron chi connectivity index (χ1n) is 6.41.